The zero-order valence-electron chi connectivity index (χ0n) is 13.7. The molecule has 2 aromatic rings. The van der Waals surface area contributed by atoms with Crippen molar-refractivity contribution in [3.05, 3.63) is 42.2 Å². The fourth-order valence-corrected chi connectivity index (χ4v) is 3.70. The molecule has 0 saturated carbocycles. The van der Waals surface area contributed by atoms with Crippen LogP contribution in [0, 0.1) is 11.6 Å². The Hall–Kier alpha value is -1.94. The van der Waals surface area contributed by atoms with Crippen LogP contribution in [0.15, 0.2) is 30.6 Å². The van der Waals surface area contributed by atoms with E-state index in [2.05, 4.69) is 9.72 Å². The van der Waals surface area contributed by atoms with Crippen LogP contribution in [0.25, 0.3) is 11.1 Å². The molecule has 26 heavy (non-hydrogen) atoms. The molecule has 0 aliphatic carbocycles. The number of benzene rings is 1. The summed E-state index contributed by atoms with van der Waals surface area (Å²) in [7, 11) is 1.18. The smallest absolute Gasteiger partial charge is 0.190 e. The minimum Gasteiger partial charge on any atom is -0.491 e. The van der Waals surface area contributed by atoms with E-state index in [0.29, 0.717) is 5.56 Å². The number of methoxy groups -OCH3 is 1. The highest BCUT2D eigenvalue weighted by Crippen LogP contribution is 2.32. The van der Waals surface area contributed by atoms with E-state index in [1.807, 2.05) is 0 Å². The van der Waals surface area contributed by atoms with E-state index in [1.165, 1.54) is 25.6 Å². The van der Waals surface area contributed by atoms with E-state index < -0.39 is 41.1 Å². The monoisotopic (exact) mass is 385 g/mol. The summed E-state index contributed by atoms with van der Waals surface area (Å²) >= 11 is 1.14. The summed E-state index contributed by atoms with van der Waals surface area (Å²) in [5.41, 5.74) is -0.167. The summed E-state index contributed by atoms with van der Waals surface area (Å²) in [6, 6.07) is 3.75. The van der Waals surface area contributed by atoms with Crippen molar-refractivity contribution in [2.45, 2.75) is 23.7 Å². The second-order valence-corrected chi connectivity index (χ2v) is 6.88. The predicted octanol–water partition coefficient (Wildman–Crippen LogP) is 1.57. The van der Waals surface area contributed by atoms with Crippen molar-refractivity contribution < 1.29 is 33.6 Å². The Balaban J connectivity index is 1.83. The summed E-state index contributed by atoms with van der Waals surface area (Å²) < 4.78 is 38.1. The van der Waals surface area contributed by atoms with Crippen molar-refractivity contribution in [2.24, 2.45) is 0 Å². The largest absolute Gasteiger partial charge is 0.491 e. The minimum atomic E-state index is -1.32. The number of hydrogen-bond donors (Lipinski definition) is 3. The van der Waals surface area contributed by atoms with Crippen molar-refractivity contribution in [3.8, 4) is 22.6 Å². The number of rotatable bonds is 4. The van der Waals surface area contributed by atoms with Crippen LogP contribution in [-0.4, -0.2) is 56.9 Å². The van der Waals surface area contributed by atoms with Crippen molar-refractivity contribution in [1.82, 2.24) is 4.98 Å². The minimum absolute atomic E-state index is 0.199. The summed E-state index contributed by atoms with van der Waals surface area (Å²) in [5, 5.41) is 29.3. The highest BCUT2D eigenvalue weighted by Gasteiger charge is 2.38. The first kappa shape index (κ1) is 18.8. The van der Waals surface area contributed by atoms with Gasteiger partial charge in [-0.15, -0.1) is 11.8 Å². The van der Waals surface area contributed by atoms with Crippen molar-refractivity contribution in [3.63, 3.8) is 0 Å². The number of thioether (sulfide) groups is 1. The van der Waals surface area contributed by atoms with Crippen LogP contribution < -0.4 is 9.47 Å². The van der Waals surface area contributed by atoms with Crippen LogP contribution in [0.4, 0.5) is 8.78 Å². The Morgan fingerprint density at radius 2 is 1.73 bits per heavy atom. The number of aliphatic hydroxyl groups is 3. The average molecular weight is 385 g/mol. The molecule has 0 amide bonds. The molecule has 1 aliphatic heterocycles. The third-order valence-electron chi connectivity index (χ3n) is 3.96. The topological polar surface area (TPSA) is 92.0 Å². The van der Waals surface area contributed by atoms with Gasteiger partial charge in [0.2, 0.25) is 0 Å². The van der Waals surface area contributed by atoms with Crippen LogP contribution in [0.5, 0.6) is 11.5 Å². The van der Waals surface area contributed by atoms with E-state index in [-0.39, 0.29) is 17.1 Å². The summed E-state index contributed by atoms with van der Waals surface area (Å²) in [5.74, 6) is -1.71. The first-order valence-electron chi connectivity index (χ1n) is 7.71. The summed E-state index contributed by atoms with van der Waals surface area (Å²) in [6.45, 7) is 0. The molecule has 2 heterocycles. The molecule has 140 valence electrons. The summed E-state index contributed by atoms with van der Waals surface area (Å²) in [6.07, 6.45) is -0.851. The second-order valence-electron chi connectivity index (χ2n) is 5.75. The van der Waals surface area contributed by atoms with Crippen molar-refractivity contribution in [1.29, 1.82) is 0 Å². The number of pyridine rings is 1. The van der Waals surface area contributed by atoms with Gasteiger partial charge in [0.15, 0.2) is 22.8 Å². The standard InChI is InChI=1S/C17H17F2NO5S/c1-24-16-11(18)3-8(4-12(16)19)9-2-10(6-20-5-9)25-17-15(23)14(22)13(21)7-26-17/h2-6,13-15,17,21-23H,7H2,1H3/t13-,14+,15-,17?/m1/s1. The van der Waals surface area contributed by atoms with Crippen LogP contribution in [-0.2, 0) is 0 Å². The fraction of sp³-hybridized carbons (Fsp3) is 0.353. The second kappa shape index (κ2) is 7.75. The molecule has 6 nitrogen and oxygen atoms in total. The molecule has 1 unspecified atom stereocenters. The number of nitrogens with zero attached hydrogens (tertiary/aromatic N) is 1. The number of aliphatic hydroxyl groups excluding tert-OH is 3. The Labute approximate surface area is 152 Å². The number of ether oxygens (including phenoxy) is 2. The van der Waals surface area contributed by atoms with Gasteiger partial charge in [0.05, 0.1) is 19.4 Å². The molecule has 1 saturated heterocycles. The molecular formula is C17H17F2NO5S. The van der Waals surface area contributed by atoms with Gasteiger partial charge in [0.1, 0.15) is 18.0 Å². The lowest BCUT2D eigenvalue weighted by Gasteiger charge is -2.34. The third-order valence-corrected chi connectivity index (χ3v) is 5.19. The molecule has 0 spiro atoms. The molecule has 0 bridgehead atoms. The van der Waals surface area contributed by atoms with Gasteiger partial charge in [-0.05, 0) is 23.8 Å². The van der Waals surface area contributed by atoms with Crippen LogP contribution in [0.3, 0.4) is 0 Å². The van der Waals surface area contributed by atoms with Gasteiger partial charge in [-0.1, -0.05) is 0 Å². The molecule has 1 aromatic heterocycles. The van der Waals surface area contributed by atoms with E-state index in [0.717, 1.165) is 23.9 Å². The highest BCUT2D eigenvalue weighted by atomic mass is 32.2. The quantitative estimate of drug-likeness (QED) is 0.736. The maximum absolute atomic E-state index is 13.9. The molecule has 1 fully saturated rings. The van der Waals surface area contributed by atoms with E-state index in [1.54, 1.807) is 0 Å². The molecule has 1 aromatic carbocycles. The maximum Gasteiger partial charge on any atom is 0.190 e. The van der Waals surface area contributed by atoms with Crippen LogP contribution >= 0.6 is 11.8 Å². The zero-order valence-corrected chi connectivity index (χ0v) is 14.5. The number of aromatic nitrogens is 1. The first-order valence-corrected chi connectivity index (χ1v) is 8.76. The fourth-order valence-electron chi connectivity index (χ4n) is 2.58. The Bertz CT molecular complexity index is 770. The van der Waals surface area contributed by atoms with Crippen molar-refractivity contribution in [2.75, 3.05) is 12.9 Å². The number of hydrogen-bond acceptors (Lipinski definition) is 7. The molecule has 3 N–H and O–H groups in total. The van der Waals surface area contributed by atoms with Gasteiger partial charge in [0, 0.05) is 17.5 Å². The van der Waals surface area contributed by atoms with Crippen LogP contribution in [0.2, 0.25) is 0 Å². The Morgan fingerprint density at radius 3 is 2.38 bits per heavy atom. The van der Waals surface area contributed by atoms with E-state index >= 15 is 0 Å². The lowest BCUT2D eigenvalue weighted by molar-refractivity contribution is -0.0786. The maximum atomic E-state index is 13.9. The van der Waals surface area contributed by atoms with Gasteiger partial charge in [-0.25, -0.2) is 8.78 Å². The van der Waals surface area contributed by atoms with E-state index in [9.17, 15) is 24.1 Å². The van der Waals surface area contributed by atoms with Gasteiger partial charge in [-0.2, -0.15) is 0 Å². The lowest BCUT2D eigenvalue weighted by Crippen LogP contribution is -2.50. The average Bonchev–Trinajstić information content (AvgIpc) is 2.62. The highest BCUT2D eigenvalue weighted by molar-refractivity contribution is 7.99. The molecular weight excluding hydrogens is 368 g/mol. The zero-order chi connectivity index (χ0) is 18.8. The Morgan fingerprint density at radius 1 is 1.04 bits per heavy atom. The van der Waals surface area contributed by atoms with Crippen LogP contribution in [0.1, 0.15) is 0 Å². The molecule has 0 radical (unpaired) electrons. The third kappa shape index (κ3) is 3.75. The molecule has 1 aliphatic rings. The molecule has 3 rings (SSSR count). The lowest BCUT2D eigenvalue weighted by atomic mass is 10.1. The Kier molecular flexibility index (Phi) is 5.61. The first-order chi connectivity index (χ1) is 12.4. The number of halogens is 2. The van der Waals surface area contributed by atoms with Gasteiger partial charge in [-0.3, -0.25) is 4.98 Å². The van der Waals surface area contributed by atoms with Gasteiger partial charge >= 0.3 is 0 Å². The SMILES string of the molecule is COc1c(F)cc(-c2cncc(OC3SC[C@@H](O)[C@H](O)[C@H]3O)c2)cc1F. The van der Waals surface area contributed by atoms with Crippen molar-refractivity contribution >= 4 is 11.8 Å². The van der Waals surface area contributed by atoms with E-state index in [4.69, 9.17) is 4.74 Å². The summed E-state index contributed by atoms with van der Waals surface area (Å²) in [4.78, 5) is 3.98. The molecule has 4 atom stereocenters. The molecule has 9 heteroatoms. The predicted molar refractivity (Wildman–Crippen MR) is 91.0 cm³/mol. The normalized spacial score (nSPS) is 25.8. The van der Waals surface area contributed by atoms with Gasteiger partial charge < -0.3 is 24.8 Å². The van der Waals surface area contributed by atoms with Gasteiger partial charge in [0.25, 0.3) is 0 Å².